The van der Waals surface area contributed by atoms with Crippen LogP contribution >= 0.6 is 0 Å². The first-order chi connectivity index (χ1) is 15.7. The molecule has 0 bridgehead atoms. The monoisotopic (exact) mass is 434 g/mol. The van der Waals surface area contributed by atoms with Gasteiger partial charge in [-0.05, 0) is 44.0 Å². The zero-order valence-electron chi connectivity index (χ0n) is 18.5. The molecule has 1 aromatic carbocycles. The highest BCUT2D eigenvalue weighted by molar-refractivity contribution is 5.94. The predicted octanol–water partition coefficient (Wildman–Crippen LogP) is 2.67. The molecular weight excluding hydrogens is 404 g/mol. The number of hydrogen-bond donors (Lipinski definition) is 1. The summed E-state index contributed by atoms with van der Waals surface area (Å²) in [6, 6.07) is 9.98. The minimum Gasteiger partial charge on any atom is -0.492 e. The van der Waals surface area contributed by atoms with Crippen molar-refractivity contribution in [2.45, 2.75) is 25.3 Å². The highest BCUT2D eigenvalue weighted by atomic mass is 16.5. The first kappa shape index (κ1) is 20.8. The Morgan fingerprint density at radius 2 is 2.00 bits per heavy atom. The van der Waals surface area contributed by atoms with Gasteiger partial charge < -0.3 is 14.6 Å². The second-order valence-electron chi connectivity index (χ2n) is 8.70. The quantitative estimate of drug-likeness (QED) is 0.645. The van der Waals surface area contributed by atoms with E-state index in [0.717, 1.165) is 50.3 Å². The van der Waals surface area contributed by atoms with Crippen LogP contribution in [-0.4, -0.2) is 68.2 Å². The molecule has 0 aliphatic carbocycles. The molecule has 1 N–H and O–H groups in total. The van der Waals surface area contributed by atoms with Crippen LogP contribution in [0.15, 0.2) is 49.1 Å². The van der Waals surface area contributed by atoms with Gasteiger partial charge in [0.2, 0.25) is 0 Å². The maximum Gasteiger partial charge on any atom is 0.257 e. The number of rotatable bonds is 6. The summed E-state index contributed by atoms with van der Waals surface area (Å²) in [4.78, 5) is 25.8. The summed E-state index contributed by atoms with van der Waals surface area (Å²) < 4.78 is 7.55. The molecule has 0 spiro atoms. The molecule has 1 fully saturated rings. The van der Waals surface area contributed by atoms with E-state index in [1.807, 2.05) is 42.3 Å². The van der Waals surface area contributed by atoms with Crippen LogP contribution in [0, 0.1) is 5.92 Å². The van der Waals surface area contributed by atoms with Gasteiger partial charge in [-0.1, -0.05) is 18.2 Å². The zero-order valence-corrected chi connectivity index (χ0v) is 18.5. The van der Waals surface area contributed by atoms with Gasteiger partial charge in [-0.15, -0.1) is 0 Å². The average molecular weight is 435 g/mol. The number of benzene rings is 1. The molecule has 8 heteroatoms. The molecule has 2 aromatic heterocycles. The number of H-pyrrole nitrogens is 1. The Hall–Kier alpha value is -3.13. The smallest absolute Gasteiger partial charge is 0.257 e. The number of aromatic nitrogens is 4. The van der Waals surface area contributed by atoms with E-state index in [0.29, 0.717) is 24.6 Å². The largest absolute Gasteiger partial charge is 0.492 e. The molecule has 1 saturated heterocycles. The fourth-order valence-electron chi connectivity index (χ4n) is 5.01. The lowest BCUT2D eigenvalue weighted by molar-refractivity contribution is 0.0461. The molecule has 5 rings (SSSR count). The van der Waals surface area contributed by atoms with Crippen molar-refractivity contribution >= 4 is 5.91 Å². The molecule has 32 heavy (non-hydrogen) atoms. The molecule has 1 unspecified atom stereocenters. The summed E-state index contributed by atoms with van der Waals surface area (Å²) in [6.07, 6.45) is 8.13. The van der Waals surface area contributed by atoms with Crippen LogP contribution in [0.25, 0.3) is 0 Å². The van der Waals surface area contributed by atoms with Crippen molar-refractivity contribution in [2.24, 2.45) is 13.0 Å². The van der Waals surface area contributed by atoms with Gasteiger partial charge in [0.1, 0.15) is 12.4 Å². The van der Waals surface area contributed by atoms with Crippen LogP contribution in [0.5, 0.6) is 5.75 Å². The maximum absolute atomic E-state index is 13.3. The van der Waals surface area contributed by atoms with Gasteiger partial charge in [0.25, 0.3) is 5.91 Å². The number of hydrogen-bond acceptors (Lipinski definition) is 5. The second kappa shape index (κ2) is 9.16. The third kappa shape index (κ3) is 4.27. The fourth-order valence-corrected chi connectivity index (χ4v) is 5.01. The van der Waals surface area contributed by atoms with E-state index in [1.165, 1.54) is 5.69 Å². The van der Waals surface area contributed by atoms with Crippen molar-refractivity contribution in [1.29, 1.82) is 0 Å². The first-order valence-corrected chi connectivity index (χ1v) is 11.4. The van der Waals surface area contributed by atoms with Crippen molar-refractivity contribution in [3.63, 3.8) is 0 Å². The Kier molecular flexibility index (Phi) is 5.94. The van der Waals surface area contributed by atoms with E-state index >= 15 is 0 Å². The van der Waals surface area contributed by atoms with Crippen molar-refractivity contribution in [3.05, 3.63) is 66.0 Å². The molecule has 2 aliphatic heterocycles. The molecule has 3 aromatic rings. The summed E-state index contributed by atoms with van der Waals surface area (Å²) in [6.45, 7) is 4.33. The van der Waals surface area contributed by atoms with Gasteiger partial charge in [-0.25, -0.2) is 4.98 Å². The number of aryl methyl sites for hydroxylation is 1. The number of carbonyl (C=O) groups is 1. The molecule has 0 saturated carbocycles. The van der Waals surface area contributed by atoms with Crippen molar-refractivity contribution in [1.82, 2.24) is 29.5 Å². The van der Waals surface area contributed by atoms with Crippen molar-refractivity contribution in [2.75, 3.05) is 32.8 Å². The summed E-state index contributed by atoms with van der Waals surface area (Å²) >= 11 is 0. The normalized spacial score (nSPS) is 19.7. The second-order valence-corrected chi connectivity index (χ2v) is 8.70. The Bertz CT molecular complexity index is 1040. The number of imidazole rings is 1. The topological polar surface area (TPSA) is 79.3 Å². The fraction of sp³-hybridized carbons (Fsp3) is 0.458. The summed E-state index contributed by atoms with van der Waals surface area (Å²) in [5, 5.41) is 4.19. The Labute approximate surface area is 188 Å². The lowest BCUT2D eigenvalue weighted by atomic mass is 9.83. The third-order valence-corrected chi connectivity index (χ3v) is 6.68. The minimum atomic E-state index is 0.0143. The molecule has 1 atom stereocenters. The molecule has 8 nitrogen and oxygen atoms in total. The van der Waals surface area contributed by atoms with Crippen molar-refractivity contribution in [3.8, 4) is 5.75 Å². The highest BCUT2D eigenvalue weighted by Crippen LogP contribution is 2.39. The third-order valence-electron chi connectivity index (χ3n) is 6.68. The maximum atomic E-state index is 13.3. The minimum absolute atomic E-state index is 0.0143. The molecule has 168 valence electrons. The molecule has 4 heterocycles. The number of likely N-dealkylation sites (tertiary alicyclic amines) is 1. The number of amides is 1. The summed E-state index contributed by atoms with van der Waals surface area (Å²) in [5.41, 5.74) is 2.86. The molecular formula is C24H30N6O2. The number of piperidine rings is 1. The number of carbonyl (C=O) groups excluding carboxylic acids is 1. The van der Waals surface area contributed by atoms with E-state index in [1.54, 1.807) is 23.4 Å². The predicted molar refractivity (Wildman–Crippen MR) is 120 cm³/mol. The van der Waals surface area contributed by atoms with Gasteiger partial charge in [-0.3, -0.25) is 14.4 Å². The number of para-hydroxylation sites is 1. The van der Waals surface area contributed by atoms with E-state index in [9.17, 15) is 4.79 Å². The number of nitrogens with one attached hydrogen (secondary N) is 1. The lowest BCUT2D eigenvalue weighted by Crippen LogP contribution is -2.46. The van der Waals surface area contributed by atoms with Crippen LogP contribution in [-0.2, 0) is 13.5 Å². The van der Waals surface area contributed by atoms with E-state index in [-0.39, 0.29) is 11.9 Å². The van der Waals surface area contributed by atoms with Gasteiger partial charge in [0, 0.05) is 38.4 Å². The average Bonchev–Trinajstić information content (AvgIpc) is 3.48. The zero-order chi connectivity index (χ0) is 21.9. The molecule has 2 aliphatic rings. The van der Waals surface area contributed by atoms with Gasteiger partial charge in [-0.2, -0.15) is 5.10 Å². The van der Waals surface area contributed by atoms with Crippen LogP contribution in [0.3, 0.4) is 0 Å². The lowest BCUT2D eigenvalue weighted by Gasteiger charge is -2.42. The van der Waals surface area contributed by atoms with E-state index in [2.05, 4.69) is 20.0 Å². The molecule has 0 radical (unpaired) electrons. The number of aromatic amines is 1. The van der Waals surface area contributed by atoms with Gasteiger partial charge >= 0.3 is 0 Å². The van der Waals surface area contributed by atoms with Crippen LogP contribution in [0.2, 0.25) is 0 Å². The van der Waals surface area contributed by atoms with Crippen LogP contribution in [0.1, 0.15) is 40.6 Å². The summed E-state index contributed by atoms with van der Waals surface area (Å²) in [7, 11) is 1.84. The highest BCUT2D eigenvalue weighted by Gasteiger charge is 2.39. The number of nitrogens with zero attached hydrogens (tertiary/aromatic N) is 5. The van der Waals surface area contributed by atoms with Gasteiger partial charge in [0.15, 0.2) is 0 Å². The van der Waals surface area contributed by atoms with Gasteiger partial charge in [0.05, 0.1) is 29.8 Å². The number of ether oxygens (including phenoxy) is 1. The summed E-state index contributed by atoms with van der Waals surface area (Å²) in [5.74, 6) is 1.36. The SMILES string of the molecule is Cn1cc(C(=O)N2CCc3[nH]cnc3C2C2CCN(CCOc3ccccc3)CC2)cn1. The Morgan fingerprint density at radius 1 is 1.19 bits per heavy atom. The van der Waals surface area contributed by atoms with Crippen LogP contribution in [0.4, 0.5) is 0 Å². The standard InChI is InChI=1S/C24H30N6O2/c1-28-16-19(15-27-28)24(31)30-12-9-21-22(26-17-25-21)23(30)18-7-10-29(11-8-18)13-14-32-20-5-3-2-4-6-20/h2-6,15-18,23H,7-14H2,1H3,(H,25,26). The molecule has 1 amide bonds. The van der Waals surface area contributed by atoms with E-state index < -0.39 is 0 Å². The Morgan fingerprint density at radius 3 is 2.75 bits per heavy atom. The first-order valence-electron chi connectivity index (χ1n) is 11.4. The van der Waals surface area contributed by atoms with E-state index in [4.69, 9.17) is 4.74 Å². The Balaban J connectivity index is 1.23. The van der Waals surface area contributed by atoms with Crippen LogP contribution < -0.4 is 4.74 Å². The van der Waals surface area contributed by atoms with Crippen molar-refractivity contribution < 1.29 is 9.53 Å². The number of fused-ring (bicyclic) bond motifs is 1.